The number of anilines is 1. The SMILES string of the molecule is O=C(Nc1ccc(OC(=O)[C@@H]2Cc3cc(Cl)ccc3O2)cc1)c1ccccc1. The van der Waals surface area contributed by atoms with Crippen molar-refractivity contribution in [2.45, 2.75) is 12.5 Å². The number of hydrogen-bond acceptors (Lipinski definition) is 4. The van der Waals surface area contributed by atoms with Gasteiger partial charge < -0.3 is 14.8 Å². The van der Waals surface area contributed by atoms with E-state index in [-0.39, 0.29) is 5.91 Å². The third-order valence-corrected chi connectivity index (χ3v) is 4.56. The molecule has 0 aliphatic carbocycles. The van der Waals surface area contributed by atoms with E-state index < -0.39 is 12.1 Å². The highest BCUT2D eigenvalue weighted by Crippen LogP contribution is 2.31. The van der Waals surface area contributed by atoms with Gasteiger partial charge in [0.25, 0.3) is 5.91 Å². The zero-order chi connectivity index (χ0) is 19.5. The van der Waals surface area contributed by atoms with E-state index in [0.29, 0.717) is 34.2 Å². The monoisotopic (exact) mass is 393 g/mol. The van der Waals surface area contributed by atoms with E-state index in [9.17, 15) is 9.59 Å². The maximum absolute atomic E-state index is 12.4. The quantitative estimate of drug-likeness (QED) is 0.523. The van der Waals surface area contributed by atoms with Crippen LogP contribution in [-0.2, 0) is 11.2 Å². The van der Waals surface area contributed by atoms with Crippen LogP contribution in [0.15, 0.2) is 72.8 Å². The van der Waals surface area contributed by atoms with Gasteiger partial charge >= 0.3 is 5.97 Å². The molecular weight excluding hydrogens is 378 g/mol. The smallest absolute Gasteiger partial charge is 0.353 e. The third-order valence-electron chi connectivity index (χ3n) is 4.33. The van der Waals surface area contributed by atoms with Gasteiger partial charge in [0, 0.05) is 22.7 Å². The Labute approximate surface area is 166 Å². The molecule has 1 amide bonds. The van der Waals surface area contributed by atoms with Gasteiger partial charge in [-0.15, -0.1) is 0 Å². The number of nitrogens with one attached hydrogen (secondary N) is 1. The van der Waals surface area contributed by atoms with E-state index in [0.717, 1.165) is 5.56 Å². The molecule has 1 N–H and O–H groups in total. The molecule has 5 nitrogen and oxygen atoms in total. The molecule has 140 valence electrons. The molecule has 1 heterocycles. The van der Waals surface area contributed by atoms with E-state index in [2.05, 4.69) is 5.32 Å². The molecule has 0 bridgehead atoms. The first-order valence-electron chi connectivity index (χ1n) is 8.72. The van der Waals surface area contributed by atoms with Gasteiger partial charge in [0.05, 0.1) is 0 Å². The lowest BCUT2D eigenvalue weighted by atomic mass is 10.1. The van der Waals surface area contributed by atoms with Crippen LogP contribution < -0.4 is 14.8 Å². The van der Waals surface area contributed by atoms with Gasteiger partial charge in [-0.25, -0.2) is 4.79 Å². The molecule has 1 aliphatic rings. The lowest BCUT2D eigenvalue weighted by Gasteiger charge is -2.11. The van der Waals surface area contributed by atoms with E-state index in [1.54, 1.807) is 66.7 Å². The number of amides is 1. The maximum atomic E-state index is 12.4. The summed E-state index contributed by atoms with van der Waals surface area (Å²) in [6, 6.07) is 20.8. The van der Waals surface area contributed by atoms with Gasteiger partial charge in [0.15, 0.2) is 6.10 Å². The normalized spacial score (nSPS) is 14.7. The van der Waals surface area contributed by atoms with Crippen LogP contribution >= 0.6 is 11.6 Å². The Balaban J connectivity index is 1.36. The van der Waals surface area contributed by atoms with Gasteiger partial charge in [-0.1, -0.05) is 29.8 Å². The van der Waals surface area contributed by atoms with Gasteiger partial charge in [-0.05, 0) is 60.2 Å². The Morgan fingerprint density at radius 2 is 1.75 bits per heavy atom. The number of carbonyl (C=O) groups is 2. The molecular formula is C22H16ClNO4. The Bertz CT molecular complexity index is 1020. The second-order valence-corrected chi connectivity index (χ2v) is 6.76. The third kappa shape index (κ3) is 4.00. The summed E-state index contributed by atoms with van der Waals surface area (Å²) in [5.74, 6) is 0.333. The lowest BCUT2D eigenvalue weighted by molar-refractivity contribution is -0.141. The van der Waals surface area contributed by atoms with Crippen molar-refractivity contribution in [2.24, 2.45) is 0 Å². The second kappa shape index (κ2) is 7.74. The Kier molecular flexibility index (Phi) is 5.00. The molecule has 0 aromatic heterocycles. The molecule has 0 spiro atoms. The Morgan fingerprint density at radius 3 is 2.50 bits per heavy atom. The number of hydrogen-bond donors (Lipinski definition) is 1. The molecule has 3 aromatic carbocycles. The molecule has 6 heteroatoms. The number of esters is 1. The first kappa shape index (κ1) is 18.1. The summed E-state index contributed by atoms with van der Waals surface area (Å²) in [6.07, 6.45) is -0.286. The minimum Gasteiger partial charge on any atom is -0.478 e. The zero-order valence-corrected chi connectivity index (χ0v) is 15.5. The van der Waals surface area contributed by atoms with Crippen LogP contribution in [0.3, 0.4) is 0 Å². The molecule has 3 aromatic rings. The highest BCUT2D eigenvalue weighted by Gasteiger charge is 2.31. The average molecular weight is 394 g/mol. The molecule has 1 atom stereocenters. The van der Waals surface area contributed by atoms with Crippen molar-refractivity contribution in [3.05, 3.63) is 88.9 Å². The minimum atomic E-state index is -0.703. The highest BCUT2D eigenvalue weighted by atomic mass is 35.5. The zero-order valence-electron chi connectivity index (χ0n) is 14.7. The topological polar surface area (TPSA) is 64.6 Å². The summed E-state index contributed by atoms with van der Waals surface area (Å²) in [5.41, 5.74) is 2.05. The predicted molar refractivity (Wildman–Crippen MR) is 106 cm³/mol. The summed E-state index contributed by atoms with van der Waals surface area (Å²) in [6.45, 7) is 0. The summed E-state index contributed by atoms with van der Waals surface area (Å²) < 4.78 is 11.0. The van der Waals surface area contributed by atoms with Crippen molar-refractivity contribution in [1.82, 2.24) is 0 Å². The highest BCUT2D eigenvalue weighted by molar-refractivity contribution is 6.30. The fraction of sp³-hybridized carbons (Fsp3) is 0.0909. The molecule has 0 fully saturated rings. The number of rotatable bonds is 4. The number of ether oxygens (including phenoxy) is 2. The molecule has 1 aliphatic heterocycles. The van der Waals surface area contributed by atoms with E-state index in [1.165, 1.54) is 0 Å². The summed E-state index contributed by atoms with van der Waals surface area (Å²) in [5, 5.41) is 3.40. The van der Waals surface area contributed by atoms with E-state index in [4.69, 9.17) is 21.1 Å². The van der Waals surface area contributed by atoms with Crippen LogP contribution in [0.1, 0.15) is 15.9 Å². The van der Waals surface area contributed by atoms with Crippen molar-refractivity contribution in [3.8, 4) is 11.5 Å². The lowest BCUT2D eigenvalue weighted by Crippen LogP contribution is -2.29. The first-order chi connectivity index (χ1) is 13.6. The molecule has 0 saturated heterocycles. The van der Waals surface area contributed by atoms with Gasteiger partial charge in [0.1, 0.15) is 11.5 Å². The van der Waals surface area contributed by atoms with Crippen molar-refractivity contribution in [1.29, 1.82) is 0 Å². The van der Waals surface area contributed by atoms with Gasteiger partial charge in [-0.3, -0.25) is 4.79 Å². The van der Waals surface area contributed by atoms with Crippen LogP contribution in [0.2, 0.25) is 5.02 Å². The minimum absolute atomic E-state index is 0.207. The standard InChI is InChI=1S/C22H16ClNO4/c23-16-6-11-19-15(12-16)13-20(28-19)22(26)27-18-9-7-17(8-10-18)24-21(25)14-4-2-1-3-5-14/h1-12,20H,13H2,(H,24,25)/t20-/m0/s1. The van der Waals surface area contributed by atoms with Crippen LogP contribution in [0, 0.1) is 0 Å². The van der Waals surface area contributed by atoms with Gasteiger partial charge in [-0.2, -0.15) is 0 Å². The summed E-state index contributed by atoms with van der Waals surface area (Å²) in [7, 11) is 0. The van der Waals surface area contributed by atoms with E-state index >= 15 is 0 Å². The Hall–Kier alpha value is -3.31. The Morgan fingerprint density at radius 1 is 1.00 bits per heavy atom. The van der Waals surface area contributed by atoms with Crippen molar-refractivity contribution in [3.63, 3.8) is 0 Å². The van der Waals surface area contributed by atoms with E-state index in [1.807, 2.05) is 6.07 Å². The van der Waals surface area contributed by atoms with Crippen molar-refractivity contribution < 1.29 is 19.1 Å². The average Bonchev–Trinajstić information content (AvgIpc) is 3.13. The molecule has 0 unspecified atom stereocenters. The maximum Gasteiger partial charge on any atom is 0.353 e. The van der Waals surface area contributed by atoms with Crippen LogP contribution in [0.25, 0.3) is 0 Å². The number of halogens is 1. The number of carbonyl (C=O) groups excluding carboxylic acids is 2. The van der Waals surface area contributed by atoms with Gasteiger partial charge in [0.2, 0.25) is 0 Å². The molecule has 0 radical (unpaired) electrons. The van der Waals surface area contributed by atoms with Crippen molar-refractivity contribution in [2.75, 3.05) is 5.32 Å². The largest absolute Gasteiger partial charge is 0.478 e. The summed E-state index contributed by atoms with van der Waals surface area (Å²) in [4.78, 5) is 24.5. The predicted octanol–water partition coefficient (Wildman–Crippen LogP) is 4.50. The van der Waals surface area contributed by atoms with Crippen LogP contribution in [-0.4, -0.2) is 18.0 Å². The van der Waals surface area contributed by atoms with Crippen LogP contribution in [0.4, 0.5) is 5.69 Å². The second-order valence-electron chi connectivity index (χ2n) is 6.33. The molecule has 28 heavy (non-hydrogen) atoms. The van der Waals surface area contributed by atoms with Crippen LogP contribution in [0.5, 0.6) is 11.5 Å². The fourth-order valence-electron chi connectivity index (χ4n) is 2.93. The molecule has 4 rings (SSSR count). The number of benzene rings is 3. The first-order valence-corrected chi connectivity index (χ1v) is 9.09. The number of fused-ring (bicyclic) bond motifs is 1. The molecule has 0 saturated carbocycles. The summed E-state index contributed by atoms with van der Waals surface area (Å²) >= 11 is 5.97. The fourth-order valence-corrected chi connectivity index (χ4v) is 3.12. The van der Waals surface area contributed by atoms with Crippen molar-refractivity contribution >= 4 is 29.2 Å².